The zero-order valence-corrected chi connectivity index (χ0v) is 10.8. The second-order valence-electron chi connectivity index (χ2n) is 3.48. The number of hydrogen-bond donors (Lipinski definition) is 2. The Labute approximate surface area is 111 Å². The van der Waals surface area contributed by atoms with E-state index in [9.17, 15) is 4.79 Å². The summed E-state index contributed by atoms with van der Waals surface area (Å²) in [5, 5.41) is 12.0. The number of ether oxygens (including phenoxy) is 1. The Morgan fingerprint density at radius 3 is 3.00 bits per heavy atom. The molecule has 0 saturated carbocycles. The van der Waals surface area contributed by atoms with Crippen LogP contribution in [0.15, 0.2) is 18.2 Å². The van der Waals surface area contributed by atoms with Crippen molar-refractivity contribution in [2.75, 3.05) is 20.2 Å². The van der Waals surface area contributed by atoms with Crippen molar-refractivity contribution < 1.29 is 14.6 Å². The fourth-order valence-electron chi connectivity index (χ4n) is 1.20. The van der Waals surface area contributed by atoms with Gasteiger partial charge in [-0.3, -0.25) is 0 Å². The van der Waals surface area contributed by atoms with E-state index in [0.717, 1.165) is 6.54 Å². The molecule has 0 saturated heterocycles. The summed E-state index contributed by atoms with van der Waals surface area (Å²) in [6, 6.07) is 4.97. The van der Waals surface area contributed by atoms with Crippen LogP contribution in [0.1, 0.15) is 12.0 Å². The lowest BCUT2D eigenvalue weighted by Gasteiger charge is -2.06. The van der Waals surface area contributed by atoms with Gasteiger partial charge in [-0.15, -0.1) is 0 Å². The highest BCUT2D eigenvalue weighted by atomic mass is 35.5. The minimum absolute atomic E-state index is 0.391. The van der Waals surface area contributed by atoms with E-state index in [1.807, 2.05) is 7.05 Å². The summed E-state index contributed by atoms with van der Waals surface area (Å²) in [6.07, 6.45) is 0.706. The van der Waals surface area contributed by atoms with Gasteiger partial charge in [-0.25, -0.2) is 4.79 Å². The zero-order chi connectivity index (χ0) is 13.4. The molecule has 0 amide bonds. The van der Waals surface area contributed by atoms with Crippen molar-refractivity contribution in [3.05, 3.63) is 28.8 Å². The highest BCUT2D eigenvalue weighted by Crippen LogP contribution is 2.22. The van der Waals surface area contributed by atoms with E-state index in [1.165, 1.54) is 0 Å². The summed E-state index contributed by atoms with van der Waals surface area (Å²) in [5.74, 6) is 5.25. The van der Waals surface area contributed by atoms with Gasteiger partial charge in [0.2, 0.25) is 0 Å². The average Bonchev–Trinajstić information content (AvgIpc) is 2.34. The van der Waals surface area contributed by atoms with Crippen molar-refractivity contribution >= 4 is 17.6 Å². The summed E-state index contributed by atoms with van der Waals surface area (Å²) < 4.78 is 5.13. The second kappa shape index (κ2) is 7.59. The van der Waals surface area contributed by atoms with Crippen molar-refractivity contribution in [1.29, 1.82) is 0 Å². The van der Waals surface area contributed by atoms with Gasteiger partial charge in [0.1, 0.15) is 5.75 Å². The Morgan fingerprint density at radius 2 is 2.33 bits per heavy atom. The van der Waals surface area contributed by atoms with E-state index >= 15 is 0 Å². The summed E-state index contributed by atoms with van der Waals surface area (Å²) in [7, 11) is 1.85. The van der Waals surface area contributed by atoms with Gasteiger partial charge in [0.25, 0.3) is 0 Å². The molecule has 0 fully saturated rings. The molecular formula is C13H14ClNO3. The molecule has 0 aliphatic carbocycles. The van der Waals surface area contributed by atoms with E-state index in [1.54, 1.807) is 18.2 Å². The van der Waals surface area contributed by atoms with Crippen LogP contribution in [-0.4, -0.2) is 31.3 Å². The molecule has 0 atom stereocenters. The van der Waals surface area contributed by atoms with Crippen LogP contribution in [0.2, 0.25) is 5.02 Å². The molecule has 0 unspecified atom stereocenters. The van der Waals surface area contributed by atoms with Crippen molar-refractivity contribution in [1.82, 2.24) is 5.32 Å². The predicted octanol–water partition coefficient (Wildman–Crippen LogP) is 1.76. The number of nitrogens with one attached hydrogen (secondary N) is 1. The van der Waals surface area contributed by atoms with Crippen LogP contribution in [-0.2, 0) is 4.79 Å². The summed E-state index contributed by atoms with van der Waals surface area (Å²) in [6.45, 7) is 0.386. The van der Waals surface area contributed by atoms with Crippen LogP contribution in [0.4, 0.5) is 0 Å². The fraction of sp³-hybridized carbons (Fsp3) is 0.308. The van der Waals surface area contributed by atoms with Crippen LogP contribution in [0, 0.1) is 11.8 Å². The maximum atomic E-state index is 10.5. The molecule has 0 bridgehead atoms. The molecule has 5 heteroatoms. The Morgan fingerprint density at radius 1 is 1.56 bits per heavy atom. The largest absolute Gasteiger partial charge is 0.481 e. The van der Waals surface area contributed by atoms with Crippen LogP contribution < -0.4 is 10.1 Å². The second-order valence-corrected chi connectivity index (χ2v) is 3.91. The Balaban J connectivity index is 2.81. The molecule has 4 nitrogen and oxygen atoms in total. The number of aliphatic carboxylic acids is 1. The normalized spacial score (nSPS) is 9.44. The highest BCUT2D eigenvalue weighted by Gasteiger charge is 2.05. The van der Waals surface area contributed by atoms with Crippen LogP contribution >= 0.6 is 11.6 Å². The monoisotopic (exact) mass is 267 g/mol. The van der Waals surface area contributed by atoms with Gasteiger partial charge in [-0.2, -0.15) is 0 Å². The van der Waals surface area contributed by atoms with E-state index in [0.29, 0.717) is 22.8 Å². The first-order valence-electron chi connectivity index (χ1n) is 5.41. The van der Waals surface area contributed by atoms with Crippen molar-refractivity contribution in [3.63, 3.8) is 0 Å². The summed E-state index contributed by atoms with van der Waals surface area (Å²) in [5.41, 5.74) is 0.636. The number of hydrogen-bond acceptors (Lipinski definition) is 3. The molecule has 0 aromatic heterocycles. The van der Waals surface area contributed by atoms with Gasteiger partial charge in [0.15, 0.2) is 6.61 Å². The Kier molecular flexibility index (Phi) is 6.06. The Bertz CT molecular complexity index is 477. The minimum Gasteiger partial charge on any atom is -0.481 e. The maximum absolute atomic E-state index is 10.5. The lowest BCUT2D eigenvalue weighted by Crippen LogP contribution is -2.10. The minimum atomic E-state index is -1.04. The predicted molar refractivity (Wildman–Crippen MR) is 70.0 cm³/mol. The third kappa shape index (κ3) is 5.09. The summed E-state index contributed by atoms with van der Waals surface area (Å²) >= 11 is 5.83. The molecule has 0 aliphatic heterocycles. The number of carbonyl (C=O) groups is 1. The third-order valence-electron chi connectivity index (χ3n) is 2.02. The smallest absolute Gasteiger partial charge is 0.341 e. The van der Waals surface area contributed by atoms with Gasteiger partial charge in [-0.1, -0.05) is 23.4 Å². The van der Waals surface area contributed by atoms with Gasteiger partial charge < -0.3 is 15.2 Å². The molecular weight excluding hydrogens is 254 g/mol. The molecule has 1 aromatic rings. The summed E-state index contributed by atoms with van der Waals surface area (Å²) in [4.78, 5) is 10.5. The van der Waals surface area contributed by atoms with Crippen molar-refractivity contribution in [2.24, 2.45) is 0 Å². The number of halogens is 1. The number of benzene rings is 1. The van der Waals surface area contributed by atoms with Crippen LogP contribution in [0.25, 0.3) is 0 Å². The Hall–Kier alpha value is -1.70. The molecule has 1 aromatic carbocycles. The standard InChI is InChI=1S/C13H14ClNO3/c1-15-7-3-2-4-10-5-6-11(14)8-12(10)18-9-13(16)17/h5-6,8,15H,3,7,9H2,1H3,(H,16,17). The average molecular weight is 268 g/mol. The lowest BCUT2D eigenvalue weighted by atomic mass is 10.2. The van der Waals surface area contributed by atoms with Crippen LogP contribution in [0.5, 0.6) is 5.75 Å². The van der Waals surface area contributed by atoms with Gasteiger partial charge >= 0.3 is 5.97 Å². The molecule has 2 N–H and O–H groups in total. The quantitative estimate of drug-likeness (QED) is 0.631. The van der Waals surface area contributed by atoms with Gasteiger partial charge in [0.05, 0.1) is 5.56 Å². The SMILES string of the molecule is CNCCC#Cc1ccc(Cl)cc1OCC(=O)O. The van der Waals surface area contributed by atoms with E-state index < -0.39 is 12.6 Å². The van der Waals surface area contributed by atoms with Gasteiger partial charge in [-0.05, 0) is 19.2 Å². The molecule has 1 rings (SSSR count). The molecule has 18 heavy (non-hydrogen) atoms. The number of carboxylic acid groups (broad SMARTS) is 1. The van der Waals surface area contributed by atoms with Gasteiger partial charge in [0, 0.05) is 24.1 Å². The third-order valence-corrected chi connectivity index (χ3v) is 2.25. The first-order valence-corrected chi connectivity index (χ1v) is 5.79. The van der Waals surface area contributed by atoms with Crippen molar-refractivity contribution in [3.8, 4) is 17.6 Å². The maximum Gasteiger partial charge on any atom is 0.341 e. The van der Waals surface area contributed by atoms with E-state index in [-0.39, 0.29) is 0 Å². The molecule has 0 heterocycles. The highest BCUT2D eigenvalue weighted by molar-refractivity contribution is 6.30. The fourth-order valence-corrected chi connectivity index (χ4v) is 1.37. The lowest BCUT2D eigenvalue weighted by molar-refractivity contribution is -0.139. The van der Waals surface area contributed by atoms with Crippen LogP contribution in [0.3, 0.4) is 0 Å². The number of rotatable bonds is 5. The first kappa shape index (κ1) is 14.4. The molecule has 0 spiro atoms. The topological polar surface area (TPSA) is 58.6 Å². The molecule has 0 aliphatic rings. The van der Waals surface area contributed by atoms with E-state index in [2.05, 4.69) is 17.2 Å². The van der Waals surface area contributed by atoms with Crippen molar-refractivity contribution in [2.45, 2.75) is 6.42 Å². The molecule has 96 valence electrons. The van der Waals surface area contributed by atoms with E-state index in [4.69, 9.17) is 21.4 Å². The first-order chi connectivity index (χ1) is 8.63. The zero-order valence-electron chi connectivity index (χ0n) is 10.00. The number of carboxylic acids is 1. The molecule has 0 radical (unpaired) electrons.